The van der Waals surface area contributed by atoms with Crippen LogP contribution in [0, 0.1) is 0 Å². The van der Waals surface area contributed by atoms with E-state index in [0.29, 0.717) is 6.42 Å². The molecule has 0 heterocycles. The van der Waals surface area contributed by atoms with Gasteiger partial charge in [0.25, 0.3) is 0 Å². The van der Waals surface area contributed by atoms with Gasteiger partial charge in [0.1, 0.15) is 6.04 Å². The summed E-state index contributed by atoms with van der Waals surface area (Å²) in [7, 11) is 0. The van der Waals surface area contributed by atoms with E-state index in [2.05, 4.69) is 0 Å². The molecule has 3 nitrogen and oxygen atoms in total. The van der Waals surface area contributed by atoms with Crippen molar-refractivity contribution in [1.29, 1.82) is 0 Å². The molecule has 3 N–H and O–H groups in total. The summed E-state index contributed by atoms with van der Waals surface area (Å²) in [4.78, 5) is 10.4. The van der Waals surface area contributed by atoms with Crippen LogP contribution in [0.5, 0.6) is 0 Å². The number of hydrogen-bond donors (Lipinski definition) is 2. The van der Waals surface area contributed by atoms with Crippen molar-refractivity contribution in [3.05, 3.63) is 35.9 Å². The van der Waals surface area contributed by atoms with Crippen molar-refractivity contribution in [2.75, 3.05) is 0 Å². The Morgan fingerprint density at radius 2 is 1.92 bits per heavy atom. The molecule has 1 unspecified atom stereocenters. The predicted octanol–water partition coefficient (Wildman–Crippen LogP) is -0.275. The zero-order valence-corrected chi connectivity index (χ0v) is 6.60. The topological polar surface area (TPSA) is 63.3 Å². The molecule has 0 aliphatic heterocycles. The van der Waals surface area contributed by atoms with E-state index in [-0.39, 0.29) is 37.7 Å². The SMILES string of the molecule is NC(Cc1ccccc1)C(=O)O.[CaH2]. The van der Waals surface area contributed by atoms with Crippen LogP contribution in [0.2, 0.25) is 0 Å². The average Bonchev–Trinajstić information content (AvgIpc) is 2.06. The number of aliphatic carboxylic acids is 1. The van der Waals surface area contributed by atoms with Crippen molar-refractivity contribution >= 4 is 43.7 Å². The van der Waals surface area contributed by atoms with Crippen LogP contribution in [0.3, 0.4) is 0 Å². The van der Waals surface area contributed by atoms with E-state index in [1.807, 2.05) is 30.3 Å². The third kappa shape index (κ3) is 4.62. The molecule has 1 atom stereocenters. The van der Waals surface area contributed by atoms with Crippen LogP contribution in [0.25, 0.3) is 0 Å². The number of carboxylic acid groups (broad SMARTS) is 1. The molecule has 1 aromatic carbocycles. The molecular weight excluding hydrogens is 194 g/mol. The molecular formula is C9H13CaNO2. The van der Waals surface area contributed by atoms with Gasteiger partial charge >= 0.3 is 43.7 Å². The van der Waals surface area contributed by atoms with E-state index in [1.165, 1.54) is 0 Å². The Balaban J connectivity index is 0.00000144. The predicted molar refractivity (Wildman–Crippen MR) is 54.3 cm³/mol. The van der Waals surface area contributed by atoms with Gasteiger partial charge < -0.3 is 10.8 Å². The van der Waals surface area contributed by atoms with Crippen molar-refractivity contribution in [2.45, 2.75) is 12.5 Å². The second-order valence-corrected chi connectivity index (χ2v) is 2.63. The maximum absolute atomic E-state index is 10.4. The van der Waals surface area contributed by atoms with Crippen molar-refractivity contribution < 1.29 is 9.90 Å². The average molecular weight is 207 g/mol. The Morgan fingerprint density at radius 1 is 1.38 bits per heavy atom. The Hall–Kier alpha value is -0.0903. The van der Waals surface area contributed by atoms with Crippen LogP contribution in [0.1, 0.15) is 5.56 Å². The Bertz CT molecular complexity index is 264. The van der Waals surface area contributed by atoms with E-state index >= 15 is 0 Å². The molecule has 0 aromatic heterocycles. The van der Waals surface area contributed by atoms with E-state index in [9.17, 15) is 4.79 Å². The third-order valence-electron chi connectivity index (χ3n) is 1.62. The second-order valence-electron chi connectivity index (χ2n) is 2.63. The fourth-order valence-corrected chi connectivity index (χ4v) is 0.955. The number of nitrogens with two attached hydrogens (primary N) is 1. The van der Waals surface area contributed by atoms with Gasteiger partial charge in [0.2, 0.25) is 0 Å². The Morgan fingerprint density at radius 3 is 2.38 bits per heavy atom. The minimum atomic E-state index is -0.959. The fraction of sp³-hybridized carbons (Fsp3) is 0.222. The number of benzene rings is 1. The minimum absolute atomic E-state index is 0. The first kappa shape index (κ1) is 12.9. The van der Waals surface area contributed by atoms with Crippen LogP contribution < -0.4 is 5.73 Å². The van der Waals surface area contributed by atoms with Gasteiger partial charge in [-0.3, -0.25) is 4.79 Å². The molecule has 0 saturated heterocycles. The first-order valence-corrected chi connectivity index (χ1v) is 3.72. The first-order valence-electron chi connectivity index (χ1n) is 3.72. The van der Waals surface area contributed by atoms with Gasteiger partial charge in [-0.25, -0.2) is 0 Å². The summed E-state index contributed by atoms with van der Waals surface area (Å²) >= 11 is 0. The normalized spacial score (nSPS) is 11.5. The van der Waals surface area contributed by atoms with Gasteiger partial charge in [0, 0.05) is 0 Å². The molecule has 68 valence electrons. The van der Waals surface area contributed by atoms with Crippen LogP contribution >= 0.6 is 0 Å². The van der Waals surface area contributed by atoms with Crippen molar-refractivity contribution in [3.8, 4) is 0 Å². The molecule has 0 aliphatic carbocycles. The monoisotopic (exact) mass is 207 g/mol. The van der Waals surface area contributed by atoms with Gasteiger partial charge in [-0.05, 0) is 12.0 Å². The molecule has 1 aromatic rings. The summed E-state index contributed by atoms with van der Waals surface area (Å²) in [6, 6.07) is 8.54. The van der Waals surface area contributed by atoms with Crippen LogP contribution in [0.15, 0.2) is 30.3 Å². The first-order chi connectivity index (χ1) is 5.70. The molecule has 13 heavy (non-hydrogen) atoms. The van der Waals surface area contributed by atoms with Gasteiger partial charge in [-0.1, -0.05) is 30.3 Å². The number of rotatable bonds is 3. The van der Waals surface area contributed by atoms with Crippen LogP contribution in [0.4, 0.5) is 0 Å². The summed E-state index contributed by atoms with van der Waals surface area (Å²) < 4.78 is 0. The molecule has 0 saturated carbocycles. The maximum atomic E-state index is 10.4. The fourth-order valence-electron chi connectivity index (χ4n) is 0.955. The van der Waals surface area contributed by atoms with E-state index in [4.69, 9.17) is 10.8 Å². The second kappa shape index (κ2) is 6.38. The summed E-state index contributed by atoms with van der Waals surface area (Å²) in [5.41, 5.74) is 6.30. The van der Waals surface area contributed by atoms with Crippen LogP contribution in [-0.4, -0.2) is 54.9 Å². The molecule has 0 spiro atoms. The van der Waals surface area contributed by atoms with E-state index in [0.717, 1.165) is 5.56 Å². The number of carboxylic acids is 1. The molecule has 0 aliphatic rings. The van der Waals surface area contributed by atoms with E-state index < -0.39 is 12.0 Å². The summed E-state index contributed by atoms with van der Waals surface area (Å²) in [5.74, 6) is -0.959. The molecule has 0 bridgehead atoms. The van der Waals surface area contributed by atoms with Crippen LogP contribution in [-0.2, 0) is 11.2 Å². The Kier molecular flexibility index (Phi) is 6.33. The molecule has 4 heteroatoms. The molecule has 0 amide bonds. The van der Waals surface area contributed by atoms with Gasteiger partial charge in [-0.15, -0.1) is 0 Å². The number of hydrogen-bond acceptors (Lipinski definition) is 2. The molecule has 0 radical (unpaired) electrons. The van der Waals surface area contributed by atoms with Crippen molar-refractivity contribution in [3.63, 3.8) is 0 Å². The number of carbonyl (C=O) groups is 1. The van der Waals surface area contributed by atoms with Crippen molar-refractivity contribution in [2.24, 2.45) is 5.73 Å². The molecule has 0 fully saturated rings. The van der Waals surface area contributed by atoms with Crippen molar-refractivity contribution in [1.82, 2.24) is 0 Å². The third-order valence-corrected chi connectivity index (χ3v) is 1.62. The van der Waals surface area contributed by atoms with E-state index in [1.54, 1.807) is 0 Å². The zero-order valence-electron chi connectivity index (χ0n) is 6.60. The van der Waals surface area contributed by atoms with Gasteiger partial charge in [0.15, 0.2) is 0 Å². The standard InChI is InChI=1S/C9H11NO2.Ca.2H/c10-8(9(11)12)6-7-4-2-1-3-5-7;;;/h1-5,8H,6,10H2,(H,11,12);;;. The summed E-state index contributed by atoms with van der Waals surface area (Å²) in [5, 5.41) is 8.52. The van der Waals surface area contributed by atoms with Gasteiger partial charge in [-0.2, -0.15) is 0 Å². The zero-order chi connectivity index (χ0) is 8.97. The molecule has 1 rings (SSSR count). The summed E-state index contributed by atoms with van der Waals surface area (Å²) in [6.45, 7) is 0. The summed E-state index contributed by atoms with van der Waals surface area (Å²) in [6.07, 6.45) is 0.385. The Labute approximate surface area is 107 Å². The quantitative estimate of drug-likeness (QED) is 0.670. The van der Waals surface area contributed by atoms with Gasteiger partial charge in [0.05, 0.1) is 0 Å².